The molecular weight excluding hydrogens is 326 g/mol. The van der Waals surface area contributed by atoms with Crippen LogP contribution in [0.3, 0.4) is 0 Å². The number of carbonyl (C=O) groups is 1. The fourth-order valence-corrected chi connectivity index (χ4v) is 3.25. The second kappa shape index (κ2) is 8.81. The molecule has 0 saturated carbocycles. The minimum absolute atomic E-state index is 0.175. The molecule has 0 spiro atoms. The summed E-state index contributed by atoms with van der Waals surface area (Å²) in [4.78, 5) is 16.9. The van der Waals surface area contributed by atoms with Crippen LogP contribution in [0.15, 0.2) is 36.5 Å². The summed E-state index contributed by atoms with van der Waals surface area (Å²) in [6.45, 7) is 5.81. The van der Waals surface area contributed by atoms with E-state index in [1.54, 1.807) is 12.3 Å². The van der Waals surface area contributed by atoms with Crippen molar-refractivity contribution in [3.05, 3.63) is 53.3 Å². The van der Waals surface area contributed by atoms with Crippen LogP contribution in [0.4, 0.5) is 11.4 Å². The third-order valence-electron chi connectivity index (χ3n) is 4.79. The van der Waals surface area contributed by atoms with Crippen LogP contribution >= 0.6 is 0 Å². The van der Waals surface area contributed by atoms with Crippen molar-refractivity contribution in [1.29, 1.82) is 0 Å². The van der Waals surface area contributed by atoms with Gasteiger partial charge in [0.25, 0.3) is 5.91 Å². The molecule has 1 amide bonds. The van der Waals surface area contributed by atoms with Gasteiger partial charge in [-0.3, -0.25) is 4.79 Å². The van der Waals surface area contributed by atoms with Crippen molar-refractivity contribution in [2.75, 3.05) is 23.8 Å². The number of hydrogen-bond acceptors (Lipinski definition) is 4. The number of pyridine rings is 1. The lowest BCUT2D eigenvalue weighted by atomic mass is 10.0. The number of carbonyl (C=O) groups excluding carboxylic acids is 1. The number of benzene rings is 1. The Bertz CT molecular complexity index is 715. The normalized spacial score (nSPS) is 16.5. The number of nitrogens with one attached hydrogen (secondary N) is 2. The Morgan fingerprint density at radius 1 is 1.19 bits per heavy atom. The number of ether oxygens (including phenoxy) is 1. The van der Waals surface area contributed by atoms with Gasteiger partial charge >= 0.3 is 0 Å². The highest BCUT2D eigenvalue weighted by Crippen LogP contribution is 2.23. The molecule has 1 aliphatic heterocycles. The van der Waals surface area contributed by atoms with E-state index in [4.69, 9.17) is 4.74 Å². The molecule has 5 heteroatoms. The van der Waals surface area contributed by atoms with Gasteiger partial charge in [-0.25, -0.2) is 4.98 Å². The van der Waals surface area contributed by atoms with Gasteiger partial charge in [-0.1, -0.05) is 32.0 Å². The average Bonchev–Trinajstić information content (AvgIpc) is 3.20. The fraction of sp³-hybridized carbons (Fsp3) is 0.429. The number of rotatable bonds is 7. The Morgan fingerprint density at radius 2 is 1.96 bits per heavy atom. The molecule has 3 rings (SSSR count). The molecule has 1 aromatic heterocycles. The van der Waals surface area contributed by atoms with E-state index >= 15 is 0 Å². The Balaban J connectivity index is 1.65. The highest BCUT2D eigenvalue weighted by molar-refractivity contribution is 6.03. The van der Waals surface area contributed by atoms with Gasteiger partial charge in [0, 0.05) is 18.8 Å². The summed E-state index contributed by atoms with van der Waals surface area (Å²) >= 11 is 0. The van der Waals surface area contributed by atoms with E-state index in [9.17, 15) is 4.79 Å². The maximum Gasteiger partial charge on any atom is 0.274 e. The topological polar surface area (TPSA) is 63.2 Å². The third kappa shape index (κ3) is 4.41. The first-order valence-corrected chi connectivity index (χ1v) is 9.45. The van der Waals surface area contributed by atoms with Gasteiger partial charge in [-0.15, -0.1) is 0 Å². The molecule has 138 valence electrons. The van der Waals surface area contributed by atoms with E-state index in [1.165, 1.54) is 0 Å². The van der Waals surface area contributed by atoms with Crippen molar-refractivity contribution in [3.8, 4) is 0 Å². The second-order valence-electron chi connectivity index (χ2n) is 6.56. The third-order valence-corrected chi connectivity index (χ3v) is 4.79. The molecule has 0 radical (unpaired) electrons. The Labute approximate surface area is 155 Å². The maximum atomic E-state index is 12.6. The number of nitrogens with zero attached hydrogens (tertiary/aromatic N) is 1. The molecule has 0 bridgehead atoms. The zero-order chi connectivity index (χ0) is 18.4. The number of aryl methyl sites for hydroxylation is 2. The smallest absolute Gasteiger partial charge is 0.274 e. The van der Waals surface area contributed by atoms with E-state index in [-0.39, 0.29) is 12.0 Å². The molecule has 1 atom stereocenters. The molecular formula is C21H27N3O2. The molecule has 2 heterocycles. The first-order chi connectivity index (χ1) is 12.7. The molecule has 26 heavy (non-hydrogen) atoms. The predicted octanol–water partition coefficient (Wildman–Crippen LogP) is 4.05. The average molecular weight is 353 g/mol. The predicted molar refractivity (Wildman–Crippen MR) is 105 cm³/mol. The summed E-state index contributed by atoms with van der Waals surface area (Å²) in [5.41, 5.74) is 4.53. The SMILES string of the molecule is CCc1cccc(CC)c1NC(=O)c1ccc(NCC2CCCO2)cn1. The van der Waals surface area contributed by atoms with Crippen molar-refractivity contribution in [3.63, 3.8) is 0 Å². The zero-order valence-electron chi connectivity index (χ0n) is 15.5. The molecule has 1 aliphatic rings. The molecule has 2 N–H and O–H groups in total. The van der Waals surface area contributed by atoms with Crippen LogP contribution in [0.5, 0.6) is 0 Å². The molecule has 2 aromatic rings. The first-order valence-electron chi connectivity index (χ1n) is 9.45. The number of para-hydroxylation sites is 1. The minimum Gasteiger partial charge on any atom is -0.381 e. The van der Waals surface area contributed by atoms with E-state index in [0.717, 1.165) is 61.3 Å². The van der Waals surface area contributed by atoms with Crippen LogP contribution in [-0.2, 0) is 17.6 Å². The van der Waals surface area contributed by atoms with E-state index < -0.39 is 0 Å². The van der Waals surface area contributed by atoms with Crippen LogP contribution in [-0.4, -0.2) is 30.1 Å². The summed E-state index contributed by atoms with van der Waals surface area (Å²) < 4.78 is 5.60. The van der Waals surface area contributed by atoms with Gasteiger partial charge in [0.2, 0.25) is 0 Å². The monoisotopic (exact) mass is 353 g/mol. The molecule has 5 nitrogen and oxygen atoms in total. The Morgan fingerprint density at radius 3 is 2.54 bits per heavy atom. The van der Waals surface area contributed by atoms with Crippen molar-refractivity contribution >= 4 is 17.3 Å². The second-order valence-corrected chi connectivity index (χ2v) is 6.56. The van der Waals surface area contributed by atoms with E-state index in [1.807, 2.05) is 12.1 Å². The van der Waals surface area contributed by atoms with Crippen molar-refractivity contribution in [1.82, 2.24) is 4.98 Å². The van der Waals surface area contributed by atoms with Crippen LogP contribution in [0.25, 0.3) is 0 Å². The molecule has 1 saturated heterocycles. The highest BCUT2D eigenvalue weighted by Gasteiger charge is 2.15. The Kier molecular flexibility index (Phi) is 6.23. The molecule has 1 aromatic carbocycles. The highest BCUT2D eigenvalue weighted by atomic mass is 16.5. The molecule has 0 aliphatic carbocycles. The van der Waals surface area contributed by atoms with Gasteiger partial charge in [-0.05, 0) is 48.9 Å². The van der Waals surface area contributed by atoms with Crippen LogP contribution in [0.1, 0.15) is 48.3 Å². The lowest BCUT2D eigenvalue weighted by Gasteiger charge is -2.14. The quantitative estimate of drug-likeness (QED) is 0.788. The summed E-state index contributed by atoms with van der Waals surface area (Å²) in [5, 5.41) is 6.37. The van der Waals surface area contributed by atoms with Gasteiger partial charge in [0.15, 0.2) is 0 Å². The van der Waals surface area contributed by atoms with E-state index in [2.05, 4.69) is 41.6 Å². The standard InChI is InChI=1S/C21H27N3O2/c1-3-15-7-5-8-16(4-2)20(15)24-21(25)19-11-10-17(13-23-19)22-14-18-9-6-12-26-18/h5,7-8,10-11,13,18,22H,3-4,6,9,12,14H2,1-2H3,(H,24,25). The lowest BCUT2D eigenvalue weighted by molar-refractivity contribution is 0.102. The van der Waals surface area contributed by atoms with Crippen LogP contribution < -0.4 is 10.6 Å². The number of hydrogen-bond donors (Lipinski definition) is 2. The van der Waals surface area contributed by atoms with Crippen molar-refractivity contribution in [2.24, 2.45) is 0 Å². The number of aromatic nitrogens is 1. The summed E-state index contributed by atoms with van der Waals surface area (Å²) in [6.07, 6.45) is 5.96. The fourth-order valence-electron chi connectivity index (χ4n) is 3.25. The van der Waals surface area contributed by atoms with E-state index in [0.29, 0.717) is 5.69 Å². The summed E-state index contributed by atoms with van der Waals surface area (Å²) in [6, 6.07) is 9.80. The first kappa shape index (κ1) is 18.4. The lowest BCUT2D eigenvalue weighted by Crippen LogP contribution is -2.19. The number of amides is 1. The van der Waals surface area contributed by atoms with Crippen molar-refractivity contribution < 1.29 is 9.53 Å². The van der Waals surface area contributed by atoms with Crippen molar-refractivity contribution in [2.45, 2.75) is 45.6 Å². The Hall–Kier alpha value is -2.40. The van der Waals surface area contributed by atoms with Crippen LogP contribution in [0, 0.1) is 0 Å². The van der Waals surface area contributed by atoms with Gasteiger partial charge in [0.05, 0.1) is 18.0 Å². The largest absolute Gasteiger partial charge is 0.381 e. The molecule has 1 unspecified atom stereocenters. The summed E-state index contributed by atoms with van der Waals surface area (Å²) in [7, 11) is 0. The minimum atomic E-state index is -0.175. The van der Waals surface area contributed by atoms with Gasteiger partial charge in [0.1, 0.15) is 5.69 Å². The molecule has 1 fully saturated rings. The zero-order valence-corrected chi connectivity index (χ0v) is 15.5. The number of anilines is 2. The summed E-state index contributed by atoms with van der Waals surface area (Å²) in [5.74, 6) is -0.175. The maximum absolute atomic E-state index is 12.6. The van der Waals surface area contributed by atoms with Crippen LogP contribution in [0.2, 0.25) is 0 Å². The van der Waals surface area contributed by atoms with Gasteiger partial charge in [-0.2, -0.15) is 0 Å². The van der Waals surface area contributed by atoms with Gasteiger partial charge < -0.3 is 15.4 Å².